The Balaban J connectivity index is 1.75. The van der Waals surface area contributed by atoms with Crippen LogP contribution in [0.15, 0.2) is 83.8 Å². The van der Waals surface area contributed by atoms with Gasteiger partial charge in [0.2, 0.25) is 10.0 Å². The molecule has 1 amide bonds. The summed E-state index contributed by atoms with van der Waals surface area (Å²) in [4.78, 5) is 12.7. The van der Waals surface area contributed by atoms with E-state index < -0.39 is 15.9 Å². The van der Waals surface area contributed by atoms with Crippen LogP contribution in [0.5, 0.6) is 11.5 Å². The number of hydrogen-bond donors (Lipinski definition) is 2. The lowest BCUT2D eigenvalue weighted by atomic mass is 10.2. The van der Waals surface area contributed by atoms with Gasteiger partial charge in [0, 0.05) is 23.4 Å². The molecule has 0 saturated heterocycles. The molecule has 3 rings (SSSR count). The zero-order valence-corrected chi connectivity index (χ0v) is 16.9. The summed E-state index contributed by atoms with van der Waals surface area (Å²) in [5.41, 5.74) is 0.781. The molecular formula is C22H22N2O4S. The highest BCUT2D eigenvalue weighted by Gasteiger charge is 2.17. The fourth-order valence-electron chi connectivity index (χ4n) is 2.65. The fraction of sp³-hybridized carbons (Fsp3) is 0.136. The Morgan fingerprint density at radius 2 is 1.55 bits per heavy atom. The molecule has 6 nitrogen and oxygen atoms in total. The number of amides is 1. The summed E-state index contributed by atoms with van der Waals surface area (Å²) in [5, 5.41) is 2.77. The highest BCUT2D eigenvalue weighted by Crippen LogP contribution is 2.24. The van der Waals surface area contributed by atoms with Crippen molar-refractivity contribution >= 4 is 21.6 Å². The Morgan fingerprint density at radius 3 is 2.28 bits per heavy atom. The van der Waals surface area contributed by atoms with E-state index in [0.29, 0.717) is 17.2 Å². The molecule has 0 spiro atoms. The van der Waals surface area contributed by atoms with Gasteiger partial charge < -0.3 is 10.1 Å². The number of rotatable bonds is 7. The first-order valence-electron chi connectivity index (χ1n) is 9.10. The summed E-state index contributed by atoms with van der Waals surface area (Å²) in [5.74, 6) is 0.849. The Hall–Kier alpha value is -3.16. The maximum absolute atomic E-state index is 12.6. The molecule has 0 radical (unpaired) electrons. The van der Waals surface area contributed by atoms with Gasteiger partial charge in [-0.05, 0) is 56.3 Å². The molecule has 0 fully saturated rings. The maximum Gasteiger partial charge on any atom is 0.255 e. The van der Waals surface area contributed by atoms with E-state index in [-0.39, 0.29) is 16.5 Å². The van der Waals surface area contributed by atoms with Crippen LogP contribution in [0, 0.1) is 0 Å². The van der Waals surface area contributed by atoms with Crippen molar-refractivity contribution in [1.82, 2.24) is 4.72 Å². The average molecular weight is 410 g/mol. The average Bonchev–Trinajstić information content (AvgIpc) is 2.68. The second kappa shape index (κ2) is 8.89. The summed E-state index contributed by atoms with van der Waals surface area (Å²) in [6.07, 6.45) is 0. The minimum atomic E-state index is -3.68. The van der Waals surface area contributed by atoms with Crippen LogP contribution in [0.2, 0.25) is 0 Å². The van der Waals surface area contributed by atoms with E-state index in [1.54, 1.807) is 50.2 Å². The van der Waals surface area contributed by atoms with E-state index in [1.807, 2.05) is 30.3 Å². The van der Waals surface area contributed by atoms with E-state index in [1.165, 1.54) is 12.1 Å². The predicted molar refractivity (Wildman–Crippen MR) is 113 cm³/mol. The van der Waals surface area contributed by atoms with Crippen molar-refractivity contribution in [3.05, 3.63) is 84.4 Å². The van der Waals surface area contributed by atoms with Crippen molar-refractivity contribution in [3.8, 4) is 11.5 Å². The van der Waals surface area contributed by atoms with Gasteiger partial charge in [-0.25, -0.2) is 13.1 Å². The van der Waals surface area contributed by atoms with Crippen molar-refractivity contribution in [2.45, 2.75) is 24.8 Å². The van der Waals surface area contributed by atoms with Crippen LogP contribution < -0.4 is 14.8 Å². The van der Waals surface area contributed by atoms with Gasteiger partial charge >= 0.3 is 0 Å². The lowest BCUT2D eigenvalue weighted by molar-refractivity contribution is 0.102. The first-order valence-corrected chi connectivity index (χ1v) is 10.6. The van der Waals surface area contributed by atoms with Crippen molar-refractivity contribution in [3.63, 3.8) is 0 Å². The molecule has 29 heavy (non-hydrogen) atoms. The molecule has 7 heteroatoms. The third kappa shape index (κ3) is 5.66. The molecule has 0 unspecified atom stereocenters. The molecule has 0 aliphatic rings. The Kier molecular flexibility index (Phi) is 6.31. The number of nitrogens with one attached hydrogen (secondary N) is 2. The van der Waals surface area contributed by atoms with Gasteiger partial charge in [-0.15, -0.1) is 0 Å². The fourth-order valence-corrected chi connectivity index (χ4v) is 3.94. The molecule has 0 aromatic heterocycles. The number of carbonyl (C=O) groups is 1. The van der Waals surface area contributed by atoms with Crippen molar-refractivity contribution in [1.29, 1.82) is 0 Å². The monoisotopic (exact) mass is 410 g/mol. The van der Waals surface area contributed by atoms with Crippen LogP contribution in [-0.4, -0.2) is 20.4 Å². The van der Waals surface area contributed by atoms with E-state index in [2.05, 4.69) is 10.0 Å². The Labute approximate surface area is 170 Å². The van der Waals surface area contributed by atoms with Gasteiger partial charge in [-0.2, -0.15) is 0 Å². The van der Waals surface area contributed by atoms with Crippen LogP contribution in [0.4, 0.5) is 5.69 Å². The zero-order valence-electron chi connectivity index (χ0n) is 16.1. The maximum atomic E-state index is 12.6. The zero-order chi connectivity index (χ0) is 20.9. The van der Waals surface area contributed by atoms with Crippen LogP contribution in [0.25, 0.3) is 0 Å². The first kappa shape index (κ1) is 20.6. The summed E-state index contributed by atoms with van der Waals surface area (Å²) < 4.78 is 32.9. The quantitative estimate of drug-likeness (QED) is 0.604. The SMILES string of the molecule is CC(C)NS(=O)(=O)c1cccc(C(=O)Nc2cccc(Oc3ccccc3)c2)c1. The van der Waals surface area contributed by atoms with Gasteiger partial charge in [0.25, 0.3) is 5.91 Å². The van der Waals surface area contributed by atoms with E-state index in [4.69, 9.17) is 4.74 Å². The molecule has 0 atom stereocenters. The largest absolute Gasteiger partial charge is 0.457 e. The minimum absolute atomic E-state index is 0.0417. The van der Waals surface area contributed by atoms with Crippen molar-refractivity contribution in [2.75, 3.05) is 5.32 Å². The van der Waals surface area contributed by atoms with Gasteiger partial charge in [-0.3, -0.25) is 4.79 Å². The Morgan fingerprint density at radius 1 is 0.862 bits per heavy atom. The summed E-state index contributed by atoms with van der Waals surface area (Å²) in [6, 6.07) is 22.0. The number of para-hydroxylation sites is 1. The summed E-state index contributed by atoms with van der Waals surface area (Å²) in [7, 11) is -3.68. The first-order chi connectivity index (χ1) is 13.8. The predicted octanol–water partition coefficient (Wildman–Crippen LogP) is 4.42. The van der Waals surface area contributed by atoms with Crippen LogP contribution >= 0.6 is 0 Å². The summed E-state index contributed by atoms with van der Waals surface area (Å²) >= 11 is 0. The molecule has 3 aromatic carbocycles. The molecule has 0 aliphatic carbocycles. The van der Waals surface area contributed by atoms with Gasteiger partial charge in [0.1, 0.15) is 11.5 Å². The Bertz CT molecular complexity index is 1100. The second-order valence-electron chi connectivity index (χ2n) is 6.70. The number of ether oxygens (including phenoxy) is 1. The minimum Gasteiger partial charge on any atom is -0.457 e. The number of hydrogen-bond acceptors (Lipinski definition) is 4. The highest BCUT2D eigenvalue weighted by molar-refractivity contribution is 7.89. The second-order valence-corrected chi connectivity index (χ2v) is 8.41. The smallest absolute Gasteiger partial charge is 0.255 e. The van der Waals surface area contributed by atoms with Crippen molar-refractivity contribution in [2.24, 2.45) is 0 Å². The standard InChI is InChI=1S/C22H22N2O4S/c1-16(2)24-29(26,27)21-13-6-8-17(14-21)22(25)23-18-9-7-12-20(15-18)28-19-10-4-3-5-11-19/h3-16,24H,1-2H3,(H,23,25). The number of carbonyl (C=O) groups excluding carboxylic acids is 1. The lowest BCUT2D eigenvalue weighted by Gasteiger charge is -2.11. The highest BCUT2D eigenvalue weighted by atomic mass is 32.2. The van der Waals surface area contributed by atoms with E-state index >= 15 is 0 Å². The molecule has 0 heterocycles. The van der Waals surface area contributed by atoms with E-state index in [0.717, 1.165) is 0 Å². The van der Waals surface area contributed by atoms with Gasteiger partial charge in [0.05, 0.1) is 4.90 Å². The molecule has 0 bridgehead atoms. The van der Waals surface area contributed by atoms with Crippen LogP contribution in [0.3, 0.4) is 0 Å². The third-order valence-corrected chi connectivity index (χ3v) is 5.52. The number of benzene rings is 3. The van der Waals surface area contributed by atoms with E-state index in [9.17, 15) is 13.2 Å². The molecule has 0 saturated carbocycles. The third-order valence-electron chi connectivity index (χ3n) is 3.87. The summed E-state index contributed by atoms with van der Waals surface area (Å²) in [6.45, 7) is 3.47. The molecule has 0 aliphatic heterocycles. The topological polar surface area (TPSA) is 84.5 Å². The molecule has 3 aromatic rings. The number of anilines is 1. The molecular weight excluding hydrogens is 388 g/mol. The van der Waals surface area contributed by atoms with Crippen LogP contribution in [-0.2, 0) is 10.0 Å². The number of sulfonamides is 1. The molecule has 2 N–H and O–H groups in total. The van der Waals surface area contributed by atoms with Crippen molar-refractivity contribution < 1.29 is 17.9 Å². The van der Waals surface area contributed by atoms with Gasteiger partial charge in [0.15, 0.2) is 0 Å². The lowest BCUT2D eigenvalue weighted by Crippen LogP contribution is -2.30. The normalized spacial score (nSPS) is 11.3. The van der Waals surface area contributed by atoms with Gasteiger partial charge in [-0.1, -0.05) is 30.3 Å². The van der Waals surface area contributed by atoms with Crippen LogP contribution in [0.1, 0.15) is 24.2 Å². The molecule has 150 valence electrons.